The summed E-state index contributed by atoms with van der Waals surface area (Å²) in [5.41, 5.74) is 0.763. The molecule has 6 nitrogen and oxygen atoms in total. The van der Waals surface area contributed by atoms with E-state index in [2.05, 4.69) is 10.6 Å². The maximum Gasteiger partial charge on any atom is 0.319 e. The van der Waals surface area contributed by atoms with Crippen LogP contribution in [0.5, 0.6) is 0 Å². The van der Waals surface area contributed by atoms with Crippen molar-refractivity contribution in [3.05, 3.63) is 24.3 Å². The Morgan fingerprint density at radius 3 is 3.04 bits per heavy atom. The zero-order chi connectivity index (χ0) is 16.7. The summed E-state index contributed by atoms with van der Waals surface area (Å²) in [7, 11) is 1.62. The third-order valence-corrected chi connectivity index (χ3v) is 4.46. The summed E-state index contributed by atoms with van der Waals surface area (Å²) in [4.78, 5) is 26.7. The standard InChI is InChI=1S/C16H23N3O3S/c1-22-7-6-19-11-12(8-15(19)20)10-17-16(21)18-13-4-3-5-14(9-13)23-2/h3-5,9,12H,6-8,10-11H2,1-2H3,(H2,17,18,21)/t12-/m1/s1. The monoisotopic (exact) mass is 337 g/mol. The lowest BCUT2D eigenvalue weighted by molar-refractivity contribution is -0.128. The van der Waals surface area contributed by atoms with Crippen molar-refractivity contribution >= 4 is 29.4 Å². The second-order valence-electron chi connectivity index (χ2n) is 5.47. The van der Waals surface area contributed by atoms with Crippen molar-refractivity contribution in [3.8, 4) is 0 Å². The molecule has 3 amide bonds. The van der Waals surface area contributed by atoms with Gasteiger partial charge in [-0.05, 0) is 24.5 Å². The number of likely N-dealkylation sites (tertiary alicyclic amines) is 1. The average molecular weight is 337 g/mol. The largest absolute Gasteiger partial charge is 0.383 e. The lowest BCUT2D eigenvalue weighted by Gasteiger charge is -2.16. The molecule has 2 N–H and O–H groups in total. The second kappa shape index (κ2) is 8.79. The van der Waals surface area contributed by atoms with Gasteiger partial charge in [0.2, 0.25) is 5.91 Å². The SMILES string of the molecule is COCCN1C[C@@H](CNC(=O)Nc2cccc(SC)c2)CC1=O. The predicted octanol–water partition coefficient (Wildman–Crippen LogP) is 2.02. The lowest BCUT2D eigenvalue weighted by Crippen LogP contribution is -2.34. The van der Waals surface area contributed by atoms with E-state index in [1.165, 1.54) is 0 Å². The molecule has 1 fully saturated rings. The molecule has 2 rings (SSSR count). The fourth-order valence-corrected chi connectivity index (χ4v) is 2.98. The molecule has 1 atom stereocenters. The molecule has 1 aromatic carbocycles. The molecule has 0 bridgehead atoms. The molecule has 1 aliphatic heterocycles. The van der Waals surface area contributed by atoms with Crippen molar-refractivity contribution in [2.24, 2.45) is 5.92 Å². The van der Waals surface area contributed by atoms with E-state index in [-0.39, 0.29) is 17.9 Å². The van der Waals surface area contributed by atoms with E-state index >= 15 is 0 Å². The highest BCUT2D eigenvalue weighted by Gasteiger charge is 2.29. The summed E-state index contributed by atoms with van der Waals surface area (Å²) < 4.78 is 5.00. The minimum absolute atomic E-state index is 0.127. The first kappa shape index (κ1) is 17.6. The van der Waals surface area contributed by atoms with Gasteiger partial charge in [-0.3, -0.25) is 4.79 Å². The molecule has 7 heteroatoms. The van der Waals surface area contributed by atoms with Gasteiger partial charge >= 0.3 is 6.03 Å². The molecule has 23 heavy (non-hydrogen) atoms. The van der Waals surface area contributed by atoms with Crippen LogP contribution in [0.4, 0.5) is 10.5 Å². The van der Waals surface area contributed by atoms with Crippen molar-refractivity contribution in [3.63, 3.8) is 0 Å². The number of nitrogens with one attached hydrogen (secondary N) is 2. The average Bonchev–Trinajstić information content (AvgIpc) is 2.91. The Balaban J connectivity index is 1.75. The van der Waals surface area contributed by atoms with Gasteiger partial charge in [-0.15, -0.1) is 11.8 Å². The number of methoxy groups -OCH3 is 1. The molecule has 1 aliphatic rings. The highest BCUT2D eigenvalue weighted by Crippen LogP contribution is 2.19. The van der Waals surface area contributed by atoms with Crippen LogP contribution in [0.25, 0.3) is 0 Å². The second-order valence-corrected chi connectivity index (χ2v) is 6.35. The maximum absolute atomic E-state index is 12.0. The number of amides is 3. The lowest BCUT2D eigenvalue weighted by atomic mass is 10.1. The summed E-state index contributed by atoms with van der Waals surface area (Å²) in [5, 5.41) is 5.66. The molecule has 0 aliphatic carbocycles. The van der Waals surface area contributed by atoms with E-state index in [9.17, 15) is 9.59 Å². The van der Waals surface area contributed by atoms with Gasteiger partial charge in [0.25, 0.3) is 0 Å². The molecule has 126 valence electrons. The highest BCUT2D eigenvalue weighted by atomic mass is 32.2. The number of hydrogen-bond donors (Lipinski definition) is 2. The van der Waals surface area contributed by atoms with Crippen LogP contribution in [0.1, 0.15) is 6.42 Å². The van der Waals surface area contributed by atoms with Crippen molar-refractivity contribution < 1.29 is 14.3 Å². The molecule has 1 heterocycles. The zero-order valence-electron chi connectivity index (χ0n) is 13.5. The Morgan fingerprint density at radius 1 is 1.48 bits per heavy atom. The van der Waals surface area contributed by atoms with Gasteiger partial charge in [-0.25, -0.2) is 4.79 Å². The molecular weight excluding hydrogens is 314 g/mol. The topological polar surface area (TPSA) is 70.7 Å². The predicted molar refractivity (Wildman–Crippen MR) is 91.8 cm³/mol. The first-order valence-corrected chi connectivity index (χ1v) is 8.80. The number of carbonyl (C=O) groups excluding carboxylic acids is 2. The van der Waals surface area contributed by atoms with Gasteiger partial charge in [0.05, 0.1) is 6.61 Å². The summed E-state index contributed by atoms with van der Waals surface area (Å²) >= 11 is 1.63. The third kappa shape index (κ3) is 5.44. The molecule has 1 saturated heterocycles. The van der Waals surface area contributed by atoms with Crippen molar-refractivity contribution in [2.45, 2.75) is 11.3 Å². The molecule has 0 unspecified atom stereocenters. The summed E-state index contributed by atoms with van der Waals surface area (Å²) in [6, 6.07) is 7.43. The van der Waals surface area contributed by atoms with Gasteiger partial charge < -0.3 is 20.3 Å². The fourth-order valence-electron chi connectivity index (χ4n) is 2.52. The van der Waals surface area contributed by atoms with Crippen LogP contribution in [0.3, 0.4) is 0 Å². The number of benzene rings is 1. The van der Waals surface area contributed by atoms with E-state index in [0.717, 1.165) is 10.6 Å². The molecule has 1 aromatic rings. The van der Waals surface area contributed by atoms with Crippen LogP contribution >= 0.6 is 11.8 Å². The van der Waals surface area contributed by atoms with Crippen LogP contribution in [-0.2, 0) is 9.53 Å². The number of nitrogens with zero attached hydrogens (tertiary/aromatic N) is 1. The Labute approximate surface area is 140 Å². The summed E-state index contributed by atoms with van der Waals surface area (Å²) in [5.74, 6) is 0.282. The van der Waals surface area contributed by atoms with Crippen molar-refractivity contribution in [1.29, 1.82) is 0 Å². The molecule has 0 spiro atoms. The molecule has 0 saturated carbocycles. The van der Waals surface area contributed by atoms with Gasteiger partial charge in [-0.1, -0.05) is 6.07 Å². The van der Waals surface area contributed by atoms with Crippen LogP contribution in [0.15, 0.2) is 29.2 Å². The Kier molecular flexibility index (Phi) is 6.73. The van der Waals surface area contributed by atoms with Gasteiger partial charge in [-0.2, -0.15) is 0 Å². The first-order chi connectivity index (χ1) is 11.1. The fraction of sp³-hybridized carbons (Fsp3) is 0.500. The van der Waals surface area contributed by atoms with E-state index in [0.29, 0.717) is 32.7 Å². The van der Waals surface area contributed by atoms with Crippen LogP contribution in [-0.4, -0.2) is 56.4 Å². The highest BCUT2D eigenvalue weighted by molar-refractivity contribution is 7.98. The number of anilines is 1. The van der Waals surface area contributed by atoms with Gasteiger partial charge in [0.15, 0.2) is 0 Å². The number of hydrogen-bond acceptors (Lipinski definition) is 4. The Bertz CT molecular complexity index is 553. The van der Waals surface area contributed by atoms with E-state index in [1.54, 1.807) is 23.8 Å². The molecular formula is C16H23N3O3S. The first-order valence-electron chi connectivity index (χ1n) is 7.58. The number of thioether (sulfide) groups is 1. The zero-order valence-corrected chi connectivity index (χ0v) is 14.3. The van der Waals surface area contributed by atoms with Gasteiger partial charge in [0, 0.05) is 49.7 Å². The van der Waals surface area contributed by atoms with Crippen LogP contribution in [0, 0.1) is 5.92 Å². The Morgan fingerprint density at radius 2 is 2.30 bits per heavy atom. The van der Waals surface area contributed by atoms with Crippen molar-refractivity contribution in [1.82, 2.24) is 10.2 Å². The number of urea groups is 1. The van der Waals surface area contributed by atoms with E-state index in [1.807, 2.05) is 30.5 Å². The maximum atomic E-state index is 12.0. The summed E-state index contributed by atoms with van der Waals surface area (Å²) in [6.45, 7) is 2.31. The molecule has 0 radical (unpaired) electrons. The minimum atomic E-state index is -0.244. The number of carbonyl (C=O) groups is 2. The van der Waals surface area contributed by atoms with E-state index in [4.69, 9.17) is 4.74 Å². The Hall–Kier alpha value is -1.73. The summed E-state index contributed by atoms with van der Waals surface area (Å²) in [6.07, 6.45) is 2.47. The third-order valence-electron chi connectivity index (χ3n) is 3.74. The van der Waals surface area contributed by atoms with Crippen molar-refractivity contribution in [2.75, 3.05) is 44.9 Å². The quantitative estimate of drug-likeness (QED) is 0.747. The van der Waals surface area contributed by atoms with E-state index < -0.39 is 0 Å². The number of ether oxygens (including phenoxy) is 1. The minimum Gasteiger partial charge on any atom is -0.383 e. The number of rotatable bonds is 7. The molecule has 0 aromatic heterocycles. The smallest absolute Gasteiger partial charge is 0.319 e. The van der Waals surface area contributed by atoms with Crippen LogP contribution < -0.4 is 10.6 Å². The van der Waals surface area contributed by atoms with Gasteiger partial charge in [0.1, 0.15) is 0 Å². The normalized spacial score (nSPS) is 17.4. The van der Waals surface area contributed by atoms with Crippen LogP contribution in [0.2, 0.25) is 0 Å².